The van der Waals surface area contributed by atoms with Crippen molar-refractivity contribution in [3.05, 3.63) is 64.1 Å². The Hall–Kier alpha value is -2.40. The number of carbonyl (C=O) groups is 1. The molecule has 20 heavy (non-hydrogen) atoms. The molecule has 1 heterocycles. The van der Waals surface area contributed by atoms with Crippen LogP contribution < -0.4 is 16.2 Å². The van der Waals surface area contributed by atoms with Gasteiger partial charge in [0.2, 0.25) is 5.56 Å². The summed E-state index contributed by atoms with van der Waals surface area (Å²) in [6.45, 7) is 2.04. The molecule has 0 radical (unpaired) electrons. The normalized spacial score (nSPS) is 11.9. The highest BCUT2D eigenvalue weighted by molar-refractivity contribution is 6.04. The highest BCUT2D eigenvalue weighted by Gasteiger charge is 2.08. The maximum Gasteiger partial charge on any atom is 0.257 e. The fourth-order valence-electron chi connectivity index (χ4n) is 1.81. The van der Waals surface area contributed by atoms with Crippen LogP contribution >= 0.6 is 0 Å². The fraction of sp³-hybridized carbons (Fsp3) is 0.200. The van der Waals surface area contributed by atoms with Gasteiger partial charge in [-0.1, -0.05) is 12.1 Å². The van der Waals surface area contributed by atoms with Crippen LogP contribution in [-0.4, -0.2) is 17.9 Å². The number of aromatic amines is 1. The monoisotopic (exact) mass is 271 g/mol. The molecule has 1 aromatic heterocycles. The molecule has 0 bridgehead atoms. The van der Waals surface area contributed by atoms with Gasteiger partial charge in [-0.25, -0.2) is 0 Å². The molecule has 5 nitrogen and oxygen atoms in total. The lowest BCUT2D eigenvalue weighted by molar-refractivity contribution is 0.102. The molecule has 5 heteroatoms. The van der Waals surface area contributed by atoms with Crippen molar-refractivity contribution in [2.75, 3.05) is 12.4 Å². The molecule has 104 valence electrons. The quantitative estimate of drug-likeness (QED) is 0.795. The van der Waals surface area contributed by atoms with Crippen LogP contribution in [0.15, 0.2) is 47.4 Å². The number of H-pyrrole nitrogens is 1. The SMILES string of the molecule is CNC(C)c1cccc(NC(=O)c2ccc(=O)[nH]c2)c1. The van der Waals surface area contributed by atoms with Gasteiger partial charge >= 0.3 is 0 Å². The lowest BCUT2D eigenvalue weighted by Gasteiger charge is -2.12. The predicted octanol–water partition coefficient (Wildman–Crippen LogP) is 1.91. The van der Waals surface area contributed by atoms with Crippen LogP contribution in [0.25, 0.3) is 0 Å². The summed E-state index contributed by atoms with van der Waals surface area (Å²) in [6, 6.07) is 10.7. The van der Waals surface area contributed by atoms with Crippen molar-refractivity contribution in [1.29, 1.82) is 0 Å². The Morgan fingerprint density at radius 1 is 1.25 bits per heavy atom. The van der Waals surface area contributed by atoms with Gasteiger partial charge in [0.15, 0.2) is 0 Å². The van der Waals surface area contributed by atoms with Crippen LogP contribution in [0.5, 0.6) is 0 Å². The van der Waals surface area contributed by atoms with E-state index < -0.39 is 0 Å². The largest absolute Gasteiger partial charge is 0.328 e. The minimum atomic E-state index is -0.254. The van der Waals surface area contributed by atoms with Crippen molar-refractivity contribution < 1.29 is 4.79 Å². The molecule has 0 saturated heterocycles. The highest BCUT2D eigenvalue weighted by atomic mass is 16.1. The van der Waals surface area contributed by atoms with Gasteiger partial charge in [0.25, 0.3) is 5.91 Å². The van der Waals surface area contributed by atoms with Gasteiger partial charge in [-0.05, 0) is 37.7 Å². The van der Waals surface area contributed by atoms with E-state index in [4.69, 9.17) is 0 Å². The summed E-state index contributed by atoms with van der Waals surface area (Å²) in [6.07, 6.45) is 1.40. The van der Waals surface area contributed by atoms with Gasteiger partial charge in [0.05, 0.1) is 5.56 Å². The molecule has 0 spiro atoms. The molecule has 3 N–H and O–H groups in total. The maximum absolute atomic E-state index is 12.0. The molecule has 2 rings (SSSR count). The molecule has 0 aliphatic carbocycles. The van der Waals surface area contributed by atoms with Crippen LogP contribution in [0, 0.1) is 0 Å². The van der Waals surface area contributed by atoms with Crippen LogP contribution in [0.2, 0.25) is 0 Å². The third-order valence-corrected chi connectivity index (χ3v) is 3.12. The first-order valence-corrected chi connectivity index (χ1v) is 6.37. The van der Waals surface area contributed by atoms with Gasteiger partial charge in [-0.2, -0.15) is 0 Å². The van der Waals surface area contributed by atoms with Crippen LogP contribution in [0.3, 0.4) is 0 Å². The zero-order valence-corrected chi connectivity index (χ0v) is 11.4. The number of benzene rings is 1. The minimum absolute atomic E-state index is 0.208. The van der Waals surface area contributed by atoms with E-state index in [0.717, 1.165) is 11.3 Å². The first-order chi connectivity index (χ1) is 9.60. The molecule has 1 aromatic carbocycles. The Morgan fingerprint density at radius 2 is 2.05 bits per heavy atom. The zero-order valence-electron chi connectivity index (χ0n) is 11.4. The van der Waals surface area contributed by atoms with E-state index in [0.29, 0.717) is 5.56 Å². The summed E-state index contributed by atoms with van der Waals surface area (Å²) in [5.41, 5.74) is 2.00. The Balaban J connectivity index is 2.15. The zero-order chi connectivity index (χ0) is 14.5. The number of nitrogens with one attached hydrogen (secondary N) is 3. The lowest BCUT2D eigenvalue weighted by atomic mass is 10.1. The van der Waals surface area contributed by atoms with Gasteiger partial charge in [-0.3, -0.25) is 9.59 Å². The summed E-state index contributed by atoms with van der Waals surface area (Å²) in [5, 5.41) is 5.96. The number of hydrogen-bond acceptors (Lipinski definition) is 3. The number of anilines is 1. The second kappa shape index (κ2) is 6.16. The minimum Gasteiger partial charge on any atom is -0.328 e. The van der Waals surface area contributed by atoms with Gasteiger partial charge < -0.3 is 15.6 Å². The molecule has 1 unspecified atom stereocenters. The van der Waals surface area contributed by atoms with Crippen molar-refractivity contribution in [3.8, 4) is 0 Å². The number of pyridine rings is 1. The van der Waals surface area contributed by atoms with E-state index in [-0.39, 0.29) is 17.5 Å². The molecule has 2 aromatic rings. The number of aromatic nitrogens is 1. The van der Waals surface area contributed by atoms with E-state index in [2.05, 4.69) is 15.6 Å². The Kier molecular flexibility index (Phi) is 4.32. The average molecular weight is 271 g/mol. The predicted molar refractivity (Wildman–Crippen MR) is 78.9 cm³/mol. The molecule has 0 aliphatic rings. The maximum atomic E-state index is 12.0. The summed E-state index contributed by atoms with van der Waals surface area (Å²) in [7, 11) is 1.89. The second-order valence-electron chi connectivity index (χ2n) is 4.53. The average Bonchev–Trinajstić information content (AvgIpc) is 2.47. The van der Waals surface area contributed by atoms with Crippen LogP contribution in [0.1, 0.15) is 28.9 Å². The van der Waals surface area contributed by atoms with E-state index in [9.17, 15) is 9.59 Å². The smallest absolute Gasteiger partial charge is 0.257 e. The van der Waals surface area contributed by atoms with Crippen molar-refractivity contribution in [2.45, 2.75) is 13.0 Å². The number of carbonyl (C=O) groups excluding carboxylic acids is 1. The van der Waals surface area contributed by atoms with E-state index in [1.54, 1.807) is 0 Å². The molecule has 0 saturated carbocycles. The Morgan fingerprint density at radius 3 is 2.70 bits per heavy atom. The Bertz CT molecular complexity index is 644. The number of amides is 1. The van der Waals surface area contributed by atoms with E-state index in [1.165, 1.54) is 18.3 Å². The fourth-order valence-corrected chi connectivity index (χ4v) is 1.81. The highest BCUT2D eigenvalue weighted by Crippen LogP contribution is 2.17. The molecule has 0 fully saturated rings. The number of rotatable bonds is 4. The third kappa shape index (κ3) is 3.33. The van der Waals surface area contributed by atoms with Crippen molar-refractivity contribution in [2.24, 2.45) is 0 Å². The Labute approximate surface area is 117 Å². The summed E-state index contributed by atoms with van der Waals surface area (Å²) < 4.78 is 0. The van der Waals surface area contributed by atoms with Crippen molar-refractivity contribution >= 4 is 11.6 Å². The molecule has 0 aliphatic heterocycles. The van der Waals surface area contributed by atoms with Crippen molar-refractivity contribution in [1.82, 2.24) is 10.3 Å². The van der Waals surface area contributed by atoms with Crippen LogP contribution in [0.4, 0.5) is 5.69 Å². The lowest BCUT2D eigenvalue weighted by Crippen LogP contribution is -2.16. The first kappa shape index (κ1) is 14.0. The number of hydrogen-bond donors (Lipinski definition) is 3. The summed E-state index contributed by atoms with van der Waals surface area (Å²) in [4.78, 5) is 25.5. The third-order valence-electron chi connectivity index (χ3n) is 3.12. The topological polar surface area (TPSA) is 74.0 Å². The molecule has 1 amide bonds. The standard InChI is InChI=1S/C15H17N3O2/c1-10(16-2)11-4-3-5-13(8-11)18-15(20)12-6-7-14(19)17-9-12/h3-10,16H,1-2H3,(H,17,19)(H,18,20). The van der Waals surface area contributed by atoms with Crippen LogP contribution in [-0.2, 0) is 0 Å². The summed E-state index contributed by atoms with van der Waals surface area (Å²) >= 11 is 0. The van der Waals surface area contributed by atoms with Gasteiger partial charge in [0.1, 0.15) is 0 Å². The summed E-state index contributed by atoms with van der Waals surface area (Å²) in [5.74, 6) is -0.254. The van der Waals surface area contributed by atoms with E-state index in [1.807, 2.05) is 38.2 Å². The molecule has 1 atom stereocenters. The van der Waals surface area contributed by atoms with Crippen molar-refractivity contribution in [3.63, 3.8) is 0 Å². The molecular formula is C15H17N3O2. The van der Waals surface area contributed by atoms with Gasteiger partial charge in [-0.15, -0.1) is 0 Å². The van der Waals surface area contributed by atoms with E-state index >= 15 is 0 Å². The molecular weight excluding hydrogens is 254 g/mol. The first-order valence-electron chi connectivity index (χ1n) is 6.37. The van der Waals surface area contributed by atoms with Gasteiger partial charge in [0, 0.05) is 24.0 Å². The second-order valence-corrected chi connectivity index (χ2v) is 4.53.